The zero-order valence-corrected chi connectivity index (χ0v) is 20.2. The van der Waals surface area contributed by atoms with Crippen LogP contribution in [0, 0.1) is 13.8 Å². The van der Waals surface area contributed by atoms with Crippen LogP contribution in [0.3, 0.4) is 0 Å². The third-order valence-electron chi connectivity index (χ3n) is 5.28. The van der Waals surface area contributed by atoms with Crippen LogP contribution >= 0.6 is 11.6 Å². The molecule has 0 radical (unpaired) electrons. The van der Waals surface area contributed by atoms with Gasteiger partial charge in [-0.2, -0.15) is 0 Å². The number of carbonyl (C=O) groups excluding carboxylic acids is 2. The van der Waals surface area contributed by atoms with Gasteiger partial charge in [0.2, 0.25) is 17.1 Å². The minimum Gasteiger partial charge on any atom is -0.476 e. The van der Waals surface area contributed by atoms with Crippen molar-refractivity contribution in [3.63, 3.8) is 0 Å². The quantitative estimate of drug-likeness (QED) is 0.361. The van der Waals surface area contributed by atoms with Crippen LogP contribution in [-0.2, 0) is 9.59 Å². The number of fused-ring (bicyclic) bond motifs is 1. The van der Waals surface area contributed by atoms with Crippen molar-refractivity contribution in [2.45, 2.75) is 20.8 Å². The van der Waals surface area contributed by atoms with Gasteiger partial charge in [-0.1, -0.05) is 41.4 Å². The second kappa shape index (κ2) is 10.0. The van der Waals surface area contributed by atoms with Gasteiger partial charge in [-0.3, -0.25) is 14.4 Å². The molecule has 0 aliphatic heterocycles. The summed E-state index contributed by atoms with van der Waals surface area (Å²) in [6.45, 7) is 4.78. The van der Waals surface area contributed by atoms with Crippen LogP contribution in [-0.4, -0.2) is 18.4 Å². The lowest BCUT2D eigenvalue weighted by Gasteiger charge is -2.13. The van der Waals surface area contributed by atoms with E-state index in [1.807, 2.05) is 38.1 Å². The Bertz CT molecular complexity index is 1480. The number of nitrogens with one attached hydrogen (secondary N) is 2. The number of carbonyl (C=O) groups is 2. The zero-order chi connectivity index (χ0) is 25.1. The number of benzene rings is 3. The summed E-state index contributed by atoms with van der Waals surface area (Å²) in [4.78, 5) is 37.0. The number of ether oxygens (including phenoxy) is 1. The van der Waals surface area contributed by atoms with E-state index in [0.717, 1.165) is 11.1 Å². The minimum absolute atomic E-state index is 0.0718. The Labute approximate surface area is 206 Å². The SMILES string of the molecule is CC(=O)Nc1ccc(NC(=O)COc2c(-c3ccc(C)cc3)oc3cc(C)c(Cl)cc3c2=O)cc1. The van der Waals surface area contributed by atoms with E-state index < -0.39 is 17.9 Å². The number of amides is 2. The Morgan fingerprint density at radius 2 is 1.57 bits per heavy atom. The van der Waals surface area contributed by atoms with Crippen LogP contribution < -0.4 is 20.8 Å². The molecule has 0 aliphatic rings. The summed E-state index contributed by atoms with van der Waals surface area (Å²) < 4.78 is 11.8. The van der Waals surface area contributed by atoms with Gasteiger partial charge in [-0.15, -0.1) is 0 Å². The van der Waals surface area contributed by atoms with E-state index in [-0.39, 0.29) is 22.8 Å². The van der Waals surface area contributed by atoms with Gasteiger partial charge in [0.25, 0.3) is 5.91 Å². The molecular formula is C27H23ClN2O5. The van der Waals surface area contributed by atoms with E-state index in [1.165, 1.54) is 6.92 Å². The summed E-state index contributed by atoms with van der Waals surface area (Å²) in [5, 5.41) is 6.05. The Morgan fingerprint density at radius 3 is 2.20 bits per heavy atom. The first-order chi connectivity index (χ1) is 16.7. The average molecular weight is 491 g/mol. The Balaban J connectivity index is 1.62. The number of halogens is 1. The first kappa shape index (κ1) is 24.0. The highest BCUT2D eigenvalue weighted by molar-refractivity contribution is 6.32. The van der Waals surface area contributed by atoms with Gasteiger partial charge in [0, 0.05) is 28.9 Å². The Morgan fingerprint density at radius 1 is 0.943 bits per heavy atom. The summed E-state index contributed by atoms with van der Waals surface area (Å²) in [5.41, 5.74) is 3.54. The molecule has 2 amide bonds. The summed E-state index contributed by atoms with van der Waals surface area (Å²) in [6, 6.07) is 17.3. The third kappa shape index (κ3) is 5.53. The molecule has 35 heavy (non-hydrogen) atoms. The molecule has 4 rings (SSSR count). The maximum atomic E-state index is 13.3. The first-order valence-electron chi connectivity index (χ1n) is 10.9. The van der Waals surface area contributed by atoms with Crippen molar-refractivity contribution in [3.8, 4) is 17.1 Å². The maximum Gasteiger partial charge on any atom is 0.262 e. The number of hydrogen-bond donors (Lipinski definition) is 2. The second-order valence-electron chi connectivity index (χ2n) is 8.15. The molecule has 0 spiro atoms. The number of aryl methyl sites for hydroxylation is 2. The van der Waals surface area contributed by atoms with Gasteiger partial charge >= 0.3 is 0 Å². The Kier molecular flexibility index (Phi) is 6.89. The van der Waals surface area contributed by atoms with Crippen LogP contribution in [0.15, 0.2) is 69.9 Å². The molecule has 8 heteroatoms. The average Bonchev–Trinajstić information content (AvgIpc) is 2.81. The Hall–Kier alpha value is -4.10. The topological polar surface area (TPSA) is 97.6 Å². The molecule has 0 bridgehead atoms. The van der Waals surface area contributed by atoms with E-state index in [1.54, 1.807) is 36.4 Å². The smallest absolute Gasteiger partial charge is 0.262 e. The largest absolute Gasteiger partial charge is 0.476 e. The van der Waals surface area contributed by atoms with Crippen LogP contribution in [0.25, 0.3) is 22.3 Å². The highest BCUT2D eigenvalue weighted by Crippen LogP contribution is 2.33. The van der Waals surface area contributed by atoms with Crippen molar-refractivity contribution in [2.75, 3.05) is 17.2 Å². The molecule has 0 fully saturated rings. The van der Waals surface area contributed by atoms with Gasteiger partial charge < -0.3 is 19.8 Å². The predicted octanol–water partition coefficient (Wildman–Crippen LogP) is 5.71. The van der Waals surface area contributed by atoms with Crippen molar-refractivity contribution in [2.24, 2.45) is 0 Å². The van der Waals surface area contributed by atoms with Crippen LogP contribution in [0.5, 0.6) is 5.75 Å². The van der Waals surface area contributed by atoms with E-state index in [9.17, 15) is 14.4 Å². The fourth-order valence-electron chi connectivity index (χ4n) is 3.50. The van der Waals surface area contributed by atoms with Gasteiger partial charge in [0.05, 0.1) is 5.39 Å². The van der Waals surface area contributed by atoms with Crippen LogP contribution in [0.2, 0.25) is 5.02 Å². The van der Waals surface area contributed by atoms with Crippen molar-refractivity contribution in [1.29, 1.82) is 0 Å². The molecule has 1 heterocycles. The summed E-state index contributed by atoms with van der Waals surface area (Å²) >= 11 is 6.23. The molecule has 7 nitrogen and oxygen atoms in total. The zero-order valence-electron chi connectivity index (χ0n) is 19.4. The molecule has 2 N–H and O–H groups in total. The molecule has 0 saturated carbocycles. The highest BCUT2D eigenvalue weighted by Gasteiger charge is 2.20. The van der Waals surface area contributed by atoms with Crippen molar-refractivity contribution in [1.82, 2.24) is 0 Å². The van der Waals surface area contributed by atoms with E-state index in [4.69, 9.17) is 20.8 Å². The van der Waals surface area contributed by atoms with Crippen LogP contribution in [0.4, 0.5) is 11.4 Å². The van der Waals surface area contributed by atoms with Crippen molar-refractivity contribution >= 4 is 45.8 Å². The number of rotatable bonds is 6. The standard InChI is InChI=1S/C27H23ClN2O5/c1-15-4-6-18(7-5-15)26-27(25(33)21-13-22(28)16(2)12-23(21)35-26)34-14-24(32)30-20-10-8-19(9-11-20)29-17(3)31/h4-13H,14H2,1-3H3,(H,29,31)(H,30,32). The molecule has 0 aliphatic carbocycles. The van der Waals surface area contributed by atoms with Gasteiger partial charge in [-0.25, -0.2) is 0 Å². The molecule has 1 aromatic heterocycles. The summed E-state index contributed by atoms with van der Waals surface area (Å²) in [7, 11) is 0. The second-order valence-corrected chi connectivity index (χ2v) is 8.56. The van der Waals surface area contributed by atoms with Gasteiger partial charge in [0.1, 0.15) is 5.58 Å². The summed E-state index contributed by atoms with van der Waals surface area (Å²) in [6.07, 6.45) is 0. The lowest BCUT2D eigenvalue weighted by Crippen LogP contribution is -2.22. The minimum atomic E-state index is -0.464. The molecule has 4 aromatic rings. The van der Waals surface area contributed by atoms with Gasteiger partial charge in [0.15, 0.2) is 12.4 Å². The molecule has 0 unspecified atom stereocenters. The molecule has 0 saturated heterocycles. The maximum absolute atomic E-state index is 13.3. The lowest BCUT2D eigenvalue weighted by atomic mass is 10.1. The fraction of sp³-hybridized carbons (Fsp3) is 0.148. The molecule has 0 atom stereocenters. The normalized spacial score (nSPS) is 10.7. The van der Waals surface area contributed by atoms with E-state index in [0.29, 0.717) is 27.5 Å². The highest BCUT2D eigenvalue weighted by atomic mass is 35.5. The van der Waals surface area contributed by atoms with E-state index in [2.05, 4.69) is 10.6 Å². The predicted molar refractivity (Wildman–Crippen MR) is 137 cm³/mol. The van der Waals surface area contributed by atoms with Crippen LogP contribution in [0.1, 0.15) is 18.1 Å². The molecule has 178 valence electrons. The number of hydrogen-bond acceptors (Lipinski definition) is 5. The third-order valence-corrected chi connectivity index (χ3v) is 5.69. The van der Waals surface area contributed by atoms with Crippen molar-refractivity contribution in [3.05, 3.63) is 87.0 Å². The lowest BCUT2D eigenvalue weighted by molar-refractivity contribution is -0.118. The van der Waals surface area contributed by atoms with E-state index >= 15 is 0 Å². The fourth-order valence-corrected chi connectivity index (χ4v) is 3.66. The van der Waals surface area contributed by atoms with Crippen molar-refractivity contribution < 1.29 is 18.7 Å². The monoisotopic (exact) mass is 490 g/mol. The first-order valence-corrected chi connectivity index (χ1v) is 11.2. The molecule has 3 aromatic carbocycles. The number of anilines is 2. The van der Waals surface area contributed by atoms with Gasteiger partial charge in [-0.05, 0) is 55.8 Å². The summed E-state index contributed by atoms with van der Waals surface area (Å²) in [5.74, 6) is -0.493. The molecular weight excluding hydrogens is 468 g/mol.